The molecule has 1 amide bonds. The van der Waals surface area contributed by atoms with E-state index in [-0.39, 0.29) is 42.5 Å². The van der Waals surface area contributed by atoms with Crippen LogP contribution in [0.4, 0.5) is 5.69 Å². The van der Waals surface area contributed by atoms with Gasteiger partial charge in [0.05, 0.1) is 12.2 Å². The van der Waals surface area contributed by atoms with E-state index in [2.05, 4.69) is 60.0 Å². The molecule has 25 heavy (non-hydrogen) atoms. The van der Waals surface area contributed by atoms with Crippen LogP contribution in [0.25, 0.3) is 0 Å². The summed E-state index contributed by atoms with van der Waals surface area (Å²) >= 11 is 3.61. The zero-order valence-corrected chi connectivity index (χ0v) is 18.8. The summed E-state index contributed by atoms with van der Waals surface area (Å²) in [4.78, 5) is 18.3. The van der Waals surface area contributed by atoms with Gasteiger partial charge in [-0.2, -0.15) is 0 Å². The Hall–Kier alpha value is -1.03. The molecule has 0 spiro atoms. The predicted molar refractivity (Wildman–Crippen MR) is 118 cm³/mol. The van der Waals surface area contributed by atoms with Gasteiger partial charge in [0.25, 0.3) is 0 Å². The quantitative estimate of drug-likeness (QED) is 0.315. The Bertz CT molecular complexity index is 596. The third kappa shape index (κ3) is 7.01. The lowest BCUT2D eigenvalue weighted by molar-refractivity contribution is -0.120. The molecule has 0 bridgehead atoms. The van der Waals surface area contributed by atoms with Crippen molar-refractivity contribution in [1.82, 2.24) is 16.0 Å². The van der Waals surface area contributed by atoms with E-state index in [0.717, 1.165) is 24.0 Å². The number of anilines is 1. The molecule has 1 heterocycles. The Balaban J connectivity index is 0.00000312. The largest absolute Gasteiger partial charge is 0.368 e. The first-order valence-corrected chi connectivity index (χ1v) is 9.05. The zero-order valence-electron chi connectivity index (χ0n) is 14.9. The molecular weight excluding hydrogens is 497 g/mol. The second-order valence-electron chi connectivity index (χ2n) is 6.18. The molecule has 0 saturated carbocycles. The number of carbonyl (C=O) groups excluding carboxylic acids is 1. The topological polar surface area (TPSA) is 68.8 Å². The lowest BCUT2D eigenvalue weighted by Crippen LogP contribution is -2.48. The number of para-hydroxylation sites is 1. The SMILES string of the molecule is CN=C(NCC(=O)NC(C)C)NC1CCN(c2ccccc2Br)C1.I. The van der Waals surface area contributed by atoms with Gasteiger partial charge in [0, 0.05) is 36.7 Å². The van der Waals surface area contributed by atoms with E-state index in [9.17, 15) is 4.79 Å². The van der Waals surface area contributed by atoms with Crippen molar-refractivity contribution < 1.29 is 4.79 Å². The highest BCUT2D eigenvalue weighted by atomic mass is 127. The maximum absolute atomic E-state index is 11.7. The maximum atomic E-state index is 11.7. The molecule has 0 aliphatic carbocycles. The van der Waals surface area contributed by atoms with Crippen LogP contribution >= 0.6 is 39.9 Å². The molecule has 2 rings (SSSR count). The van der Waals surface area contributed by atoms with Crippen LogP contribution in [0.3, 0.4) is 0 Å². The van der Waals surface area contributed by atoms with Crippen LogP contribution in [-0.4, -0.2) is 50.6 Å². The zero-order chi connectivity index (χ0) is 17.5. The van der Waals surface area contributed by atoms with E-state index in [1.54, 1.807) is 7.05 Å². The smallest absolute Gasteiger partial charge is 0.239 e. The molecule has 1 aliphatic rings. The number of benzene rings is 1. The van der Waals surface area contributed by atoms with E-state index >= 15 is 0 Å². The number of carbonyl (C=O) groups is 1. The molecule has 1 saturated heterocycles. The number of rotatable bonds is 5. The van der Waals surface area contributed by atoms with Crippen molar-refractivity contribution in [1.29, 1.82) is 0 Å². The van der Waals surface area contributed by atoms with Gasteiger partial charge in [-0.05, 0) is 48.3 Å². The second kappa shape index (κ2) is 10.8. The molecule has 0 aromatic heterocycles. The fraction of sp³-hybridized carbons (Fsp3) is 0.529. The fourth-order valence-corrected chi connectivity index (χ4v) is 3.27. The number of nitrogens with one attached hydrogen (secondary N) is 3. The van der Waals surface area contributed by atoms with Gasteiger partial charge in [-0.25, -0.2) is 0 Å². The molecule has 8 heteroatoms. The first-order valence-electron chi connectivity index (χ1n) is 8.25. The fourth-order valence-electron chi connectivity index (χ4n) is 2.73. The molecule has 1 fully saturated rings. The van der Waals surface area contributed by atoms with Crippen molar-refractivity contribution >= 4 is 57.5 Å². The summed E-state index contributed by atoms with van der Waals surface area (Å²) in [5, 5.41) is 9.31. The minimum atomic E-state index is -0.0331. The molecule has 1 aromatic rings. The van der Waals surface area contributed by atoms with Gasteiger partial charge in [-0.1, -0.05) is 12.1 Å². The van der Waals surface area contributed by atoms with E-state index < -0.39 is 0 Å². The summed E-state index contributed by atoms with van der Waals surface area (Å²) in [5.74, 6) is 0.627. The molecule has 6 nitrogen and oxygen atoms in total. The van der Waals surface area contributed by atoms with Crippen LogP contribution in [0, 0.1) is 0 Å². The van der Waals surface area contributed by atoms with Gasteiger partial charge in [0.2, 0.25) is 5.91 Å². The van der Waals surface area contributed by atoms with E-state index in [4.69, 9.17) is 0 Å². The second-order valence-corrected chi connectivity index (χ2v) is 7.03. The highest BCUT2D eigenvalue weighted by molar-refractivity contribution is 14.0. The molecule has 1 aromatic carbocycles. The number of hydrogen-bond donors (Lipinski definition) is 3. The number of amides is 1. The first kappa shape index (κ1) is 22.0. The van der Waals surface area contributed by atoms with Crippen molar-refractivity contribution in [3.05, 3.63) is 28.7 Å². The van der Waals surface area contributed by atoms with Gasteiger partial charge in [-0.3, -0.25) is 9.79 Å². The summed E-state index contributed by atoms with van der Waals surface area (Å²) in [6, 6.07) is 8.69. The summed E-state index contributed by atoms with van der Waals surface area (Å²) in [6.07, 6.45) is 1.03. The summed E-state index contributed by atoms with van der Waals surface area (Å²) < 4.78 is 1.11. The summed E-state index contributed by atoms with van der Waals surface area (Å²) in [5.41, 5.74) is 1.21. The minimum Gasteiger partial charge on any atom is -0.368 e. The Morgan fingerprint density at radius 2 is 2.12 bits per heavy atom. The molecule has 1 aliphatic heterocycles. The third-order valence-corrected chi connectivity index (χ3v) is 4.48. The van der Waals surface area contributed by atoms with Gasteiger partial charge in [-0.15, -0.1) is 24.0 Å². The van der Waals surface area contributed by atoms with Crippen LogP contribution in [0.2, 0.25) is 0 Å². The molecule has 140 valence electrons. The van der Waals surface area contributed by atoms with E-state index in [1.165, 1.54) is 5.69 Å². The van der Waals surface area contributed by atoms with Gasteiger partial charge >= 0.3 is 0 Å². The van der Waals surface area contributed by atoms with Crippen molar-refractivity contribution in [2.24, 2.45) is 4.99 Å². The number of guanidine groups is 1. The Labute approximate surface area is 175 Å². The van der Waals surface area contributed by atoms with Crippen molar-refractivity contribution in [3.63, 3.8) is 0 Å². The van der Waals surface area contributed by atoms with E-state index in [1.807, 2.05) is 19.9 Å². The predicted octanol–water partition coefficient (Wildman–Crippen LogP) is 2.34. The molecule has 1 atom stereocenters. The summed E-state index contributed by atoms with van der Waals surface area (Å²) in [7, 11) is 1.72. The molecule has 1 unspecified atom stereocenters. The van der Waals surface area contributed by atoms with Gasteiger partial charge in [0.15, 0.2) is 5.96 Å². The molecular formula is C17H27BrIN5O. The van der Waals surface area contributed by atoms with Crippen LogP contribution in [0.15, 0.2) is 33.7 Å². The highest BCUT2D eigenvalue weighted by Crippen LogP contribution is 2.28. The monoisotopic (exact) mass is 523 g/mol. The lowest BCUT2D eigenvalue weighted by Gasteiger charge is -2.21. The van der Waals surface area contributed by atoms with Crippen molar-refractivity contribution in [3.8, 4) is 0 Å². The van der Waals surface area contributed by atoms with Crippen LogP contribution in [0.1, 0.15) is 20.3 Å². The Kier molecular flexibility index (Phi) is 9.55. The average molecular weight is 524 g/mol. The lowest BCUT2D eigenvalue weighted by atomic mass is 10.3. The van der Waals surface area contributed by atoms with E-state index in [0.29, 0.717) is 12.0 Å². The summed E-state index contributed by atoms with van der Waals surface area (Å²) in [6.45, 7) is 6.00. The maximum Gasteiger partial charge on any atom is 0.239 e. The highest BCUT2D eigenvalue weighted by Gasteiger charge is 2.24. The molecule has 0 radical (unpaired) electrons. The number of aliphatic imine (C=N–C) groups is 1. The number of hydrogen-bond acceptors (Lipinski definition) is 3. The van der Waals surface area contributed by atoms with Crippen LogP contribution < -0.4 is 20.9 Å². The average Bonchev–Trinajstić information content (AvgIpc) is 2.99. The van der Waals surface area contributed by atoms with Gasteiger partial charge < -0.3 is 20.9 Å². The van der Waals surface area contributed by atoms with Crippen molar-refractivity contribution in [2.75, 3.05) is 31.6 Å². The Morgan fingerprint density at radius 3 is 2.76 bits per heavy atom. The normalized spacial score (nSPS) is 17.2. The van der Waals surface area contributed by atoms with Crippen molar-refractivity contribution in [2.45, 2.75) is 32.4 Å². The van der Waals surface area contributed by atoms with Crippen LogP contribution in [0.5, 0.6) is 0 Å². The standard InChI is InChI=1S/C17H26BrN5O.HI/c1-12(2)21-16(24)10-20-17(19-3)22-13-8-9-23(11-13)15-7-5-4-6-14(15)18;/h4-7,12-13H,8-11H2,1-3H3,(H,21,24)(H2,19,20,22);1H. The van der Waals surface area contributed by atoms with Gasteiger partial charge in [0.1, 0.15) is 0 Å². The molecule has 3 N–H and O–H groups in total. The number of nitrogens with zero attached hydrogens (tertiary/aromatic N) is 2. The first-order chi connectivity index (χ1) is 11.5. The third-order valence-electron chi connectivity index (χ3n) is 3.81. The minimum absolute atomic E-state index is 0. The van der Waals surface area contributed by atoms with Crippen LogP contribution in [-0.2, 0) is 4.79 Å². The number of halogens is 2. The Morgan fingerprint density at radius 1 is 1.40 bits per heavy atom.